The van der Waals surface area contributed by atoms with Crippen LogP contribution in [0.3, 0.4) is 0 Å². The van der Waals surface area contributed by atoms with E-state index in [4.69, 9.17) is 0 Å². The van der Waals surface area contributed by atoms with Crippen LogP contribution < -0.4 is 10.9 Å². The number of fused-ring (bicyclic) bond motifs is 4. The molecule has 0 unspecified atom stereocenters. The summed E-state index contributed by atoms with van der Waals surface area (Å²) in [5.41, 5.74) is 2.87. The number of aromatic nitrogens is 1. The maximum absolute atomic E-state index is 13.2. The second-order valence-electron chi connectivity index (χ2n) is 9.20. The molecule has 2 bridgehead atoms. The van der Waals surface area contributed by atoms with Crippen molar-refractivity contribution in [1.82, 2.24) is 9.47 Å². The molecule has 5 nitrogen and oxygen atoms in total. The summed E-state index contributed by atoms with van der Waals surface area (Å²) in [6, 6.07) is 19.6. The summed E-state index contributed by atoms with van der Waals surface area (Å²) < 4.78 is 15.0. The molecule has 1 aromatic heterocycles. The second kappa shape index (κ2) is 9.32. The predicted octanol–water partition coefficient (Wildman–Crippen LogP) is 4.29. The fourth-order valence-corrected chi connectivity index (χ4v) is 5.27. The van der Waals surface area contributed by atoms with Gasteiger partial charge in [0.2, 0.25) is 0 Å². The third kappa shape index (κ3) is 4.76. The number of amides is 1. The number of likely N-dealkylation sites (tertiary alicyclic amines) is 1. The first-order chi connectivity index (χ1) is 16.1. The van der Waals surface area contributed by atoms with E-state index in [0.29, 0.717) is 23.9 Å². The minimum Gasteiger partial charge on any atom is -0.317 e. The number of anilines is 1. The van der Waals surface area contributed by atoms with Gasteiger partial charge < -0.3 is 14.8 Å². The van der Waals surface area contributed by atoms with E-state index < -0.39 is 11.7 Å². The Balaban J connectivity index is 1.26. The molecular weight excluding hydrogens is 417 g/mol. The molecule has 3 heterocycles. The van der Waals surface area contributed by atoms with Gasteiger partial charge in [-0.2, -0.15) is 0 Å². The van der Waals surface area contributed by atoms with E-state index in [1.165, 1.54) is 29.8 Å². The fourth-order valence-electron chi connectivity index (χ4n) is 5.27. The lowest BCUT2D eigenvalue weighted by molar-refractivity contribution is 0.102. The van der Waals surface area contributed by atoms with E-state index in [1.807, 2.05) is 16.7 Å². The Hall–Kier alpha value is -3.25. The number of rotatable bonds is 6. The molecule has 2 aliphatic heterocycles. The van der Waals surface area contributed by atoms with Crippen LogP contribution in [0.5, 0.6) is 0 Å². The summed E-state index contributed by atoms with van der Waals surface area (Å²) in [5, 5.41) is 2.71. The monoisotopic (exact) mass is 445 g/mol. The lowest BCUT2D eigenvalue weighted by Crippen LogP contribution is -2.47. The van der Waals surface area contributed by atoms with Gasteiger partial charge in [-0.15, -0.1) is 0 Å². The van der Waals surface area contributed by atoms with Crippen LogP contribution in [-0.4, -0.2) is 35.0 Å². The largest absolute Gasteiger partial charge is 0.317 e. The molecule has 3 aromatic rings. The number of nitrogens with zero attached hydrogens (tertiary/aromatic N) is 2. The van der Waals surface area contributed by atoms with Gasteiger partial charge in [-0.05, 0) is 73.7 Å². The predicted molar refractivity (Wildman–Crippen MR) is 127 cm³/mol. The fraction of sp³-hybridized carbons (Fsp3) is 0.333. The molecule has 6 heteroatoms. The van der Waals surface area contributed by atoms with Crippen molar-refractivity contribution in [1.29, 1.82) is 0 Å². The van der Waals surface area contributed by atoms with E-state index in [0.717, 1.165) is 44.6 Å². The quantitative estimate of drug-likeness (QED) is 0.616. The number of carbonyl (C=O) groups excluding carboxylic acids is 1. The first-order valence-corrected chi connectivity index (χ1v) is 11.6. The maximum Gasteiger partial charge on any atom is 0.274 e. The van der Waals surface area contributed by atoms with Crippen LogP contribution in [0.4, 0.5) is 10.1 Å². The zero-order valence-corrected chi connectivity index (χ0v) is 18.5. The van der Waals surface area contributed by atoms with Crippen molar-refractivity contribution in [3.63, 3.8) is 0 Å². The van der Waals surface area contributed by atoms with E-state index in [9.17, 15) is 14.0 Å². The Labute approximate surface area is 192 Å². The Morgan fingerprint density at radius 2 is 1.76 bits per heavy atom. The van der Waals surface area contributed by atoms with E-state index in [-0.39, 0.29) is 11.2 Å². The van der Waals surface area contributed by atoms with E-state index in [2.05, 4.69) is 34.5 Å². The summed E-state index contributed by atoms with van der Waals surface area (Å²) in [6.45, 7) is 3.72. The molecule has 2 aliphatic rings. The number of hydrogen-bond donors (Lipinski definition) is 1. The normalized spacial score (nSPS) is 19.7. The van der Waals surface area contributed by atoms with Crippen LogP contribution in [0.25, 0.3) is 0 Å². The zero-order valence-electron chi connectivity index (χ0n) is 18.5. The topological polar surface area (TPSA) is 54.3 Å². The SMILES string of the molecule is O=C(Nc1ccc2n(c1=O)C[C@@H]1C[C@@H]2CN(CCCc2ccccc2)C1)c1ccc(F)cc1. The van der Waals surface area contributed by atoms with Crippen LogP contribution >= 0.6 is 0 Å². The zero-order chi connectivity index (χ0) is 22.8. The highest BCUT2D eigenvalue weighted by Gasteiger charge is 2.34. The highest BCUT2D eigenvalue weighted by Crippen LogP contribution is 2.35. The summed E-state index contributed by atoms with van der Waals surface area (Å²) in [4.78, 5) is 28.2. The molecule has 0 radical (unpaired) electrons. The van der Waals surface area contributed by atoms with Gasteiger partial charge in [-0.1, -0.05) is 30.3 Å². The Morgan fingerprint density at radius 1 is 0.970 bits per heavy atom. The van der Waals surface area contributed by atoms with Gasteiger partial charge in [-0.3, -0.25) is 9.59 Å². The minimum absolute atomic E-state index is 0.157. The van der Waals surface area contributed by atoms with Crippen molar-refractivity contribution in [3.05, 3.63) is 99.7 Å². The smallest absolute Gasteiger partial charge is 0.274 e. The van der Waals surface area contributed by atoms with Gasteiger partial charge in [-0.25, -0.2) is 4.39 Å². The number of pyridine rings is 1. The highest BCUT2D eigenvalue weighted by molar-refractivity contribution is 6.04. The minimum atomic E-state index is -0.409. The lowest BCUT2D eigenvalue weighted by atomic mass is 9.83. The van der Waals surface area contributed by atoms with Gasteiger partial charge >= 0.3 is 0 Å². The number of aryl methyl sites for hydroxylation is 1. The molecule has 5 rings (SSSR count). The molecule has 2 atom stereocenters. The van der Waals surface area contributed by atoms with Crippen LogP contribution in [0, 0.1) is 11.7 Å². The maximum atomic E-state index is 13.2. The van der Waals surface area contributed by atoms with E-state index in [1.54, 1.807) is 6.07 Å². The molecule has 170 valence electrons. The Morgan fingerprint density at radius 3 is 2.55 bits per heavy atom. The summed E-state index contributed by atoms with van der Waals surface area (Å²) in [7, 11) is 0. The van der Waals surface area contributed by atoms with Crippen LogP contribution in [0.15, 0.2) is 71.5 Å². The first kappa shape index (κ1) is 21.6. The van der Waals surface area contributed by atoms with Gasteiger partial charge in [0.25, 0.3) is 11.5 Å². The Kier molecular flexibility index (Phi) is 6.09. The average molecular weight is 446 g/mol. The number of carbonyl (C=O) groups is 1. The first-order valence-electron chi connectivity index (χ1n) is 11.6. The van der Waals surface area contributed by atoms with Crippen molar-refractivity contribution < 1.29 is 9.18 Å². The second-order valence-corrected chi connectivity index (χ2v) is 9.20. The standard InChI is InChI=1S/C27H28FN3O2/c28-23-10-8-21(9-11-23)26(32)29-24-12-13-25-22-15-20(17-31(25)27(24)33)16-30(18-22)14-4-7-19-5-2-1-3-6-19/h1-3,5-6,8-13,20,22H,4,7,14-18H2,(H,29,32)/t20-,22-/m1/s1. The molecular formula is C27H28FN3O2. The average Bonchev–Trinajstić information content (AvgIpc) is 2.82. The molecule has 0 spiro atoms. The van der Waals surface area contributed by atoms with Crippen molar-refractivity contribution in [3.8, 4) is 0 Å². The number of piperidine rings is 1. The van der Waals surface area contributed by atoms with Gasteiger partial charge in [0, 0.05) is 36.8 Å². The van der Waals surface area contributed by atoms with Crippen molar-refractivity contribution >= 4 is 11.6 Å². The third-order valence-corrected chi connectivity index (χ3v) is 6.82. The van der Waals surface area contributed by atoms with Crippen molar-refractivity contribution in [2.75, 3.05) is 25.0 Å². The van der Waals surface area contributed by atoms with E-state index >= 15 is 0 Å². The third-order valence-electron chi connectivity index (χ3n) is 6.82. The molecule has 2 aromatic carbocycles. The highest BCUT2D eigenvalue weighted by atomic mass is 19.1. The van der Waals surface area contributed by atoms with Gasteiger partial charge in [0.1, 0.15) is 11.5 Å². The molecule has 0 aliphatic carbocycles. The molecule has 1 fully saturated rings. The molecule has 33 heavy (non-hydrogen) atoms. The number of nitrogens with one attached hydrogen (secondary N) is 1. The van der Waals surface area contributed by atoms with Crippen LogP contribution in [-0.2, 0) is 13.0 Å². The van der Waals surface area contributed by atoms with Gasteiger partial charge in [0.05, 0.1) is 0 Å². The van der Waals surface area contributed by atoms with Crippen LogP contribution in [0.1, 0.15) is 40.4 Å². The molecule has 1 amide bonds. The van der Waals surface area contributed by atoms with Crippen LogP contribution in [0.2, 0.25) is 0 Å². The number of hydrogen-bond acceptors (Lipinski definition) is 3. The summed E-state index contributed by atoms with van der Waals surface area (Å²) >= 11 is 0. The molecule has 1 N–H and O–H groups in total. The summed E-state index contributed by atoms with van der Waals surface area (Å²) in [5.74, 6) is -0.0354. The molecule has 0 saturated carbocycles. The Bertz CT molecular complexity index is 1190. The van der Waals surface area contributed by atoms with Crippen molar-refractivity contribution in [2.24, 2.45) is 5.92 Å². The number of benzene rings is 2. The van der Waals surface area contributed by atoms with Crippen molar-refractivity contribution in [2.45, 2.75) is 31.7 Å². The summed E-state index contributed by atoms with van der Waals surface area (Å²) in [6.07, 6.45) is 3.32. The van der Waals surface area contributed by atoms with Gasteiger partial charge in [0.15, 0.2) is 0 Å². The number of halogens is 1. The molecule has 1 saturated heterocycles. The lowest BCUT2D eigenvalue weighted by Gasteiger charge is -2.43.